The Kier molecular flexibility index (Phi) is 15.9. The lowest BCUT2D eigenvalue weighted by Gasteiger charge is -2.37. The number of carbonyl (C=O) groups is 2. The summed E-state index contributed by atoms with van der Waals surface area (Å²) in [6.45, 7) is 13.9. The lowest BCUT2D eigenvalue weighted by molar-refractivity contribution is -0.150. The molecule has 0 bridgehead atoms. The average molecular weight is 654 g/mol. The molecule has 13 nitrogen and oxygen atoms in total. The van der Waals surface area contributed by atoms with Gasteiger partial charge >= 0.3 is 11.9 Å². The second kappa shape index (κ2) is 18.5. The van der Waals surface area contributed by atoms with Crippen LogP contribution in [0.5, 0.6) is 0 Å². The standard InChI is InChI=1S/C31H56N7O6P/c1-8-12-14-16-18-42-28(39)30(6,10-3)36-45(41,37-31(7,11-4)29(40)43-19-17-15-13-9-2)23-44-24(5)20-38-22-35-25-26(32)33-21-34-27(25)38/h21-22,24H,8-20,23H2,1-7H3,(H2,32,33,34)(H2,36,37,41)/t24-,30+,31+/m1/s1. The lowest BCUT2D eigenvalue weighted by Crippen LogP contribution is -2.56. The number of carbonyl (C=O) groups excluding carboxylic acids is 2. The third-order valence-corrected chi connectivity index (χ3v) is 10.3. The normalized spacial score (nSPS) is 15.4. The molecule has 4 N–H and O–H groups in total. The second-order valence-electron chi connectivity index (χ2n) is 12.2. The quantitative estimate of drug-likeness (QED) is 0.0757. The van der Waals surface area contributed by atoms with Crippen LogP contribution in [0.4, 0.5) is 5.82 Å². The molecule has 0 aromatic carbocycles. The summed E-state index contributed by atoms with van der Waals surface area (Å²) < 4.78 is 33.9. The second-order valence-corrected chi connectivity index (χ2v) is 14.3. The van der Waals surface area contributed by atoms with Crippen LogP contribution in [0.15, 0.2) is 12.7 Å². The Balaban J connectivity index is 2.25. The van der Waals surface area contributed by atoms with Gasteiger partial charge in [-0.2, -0.15) is 0 Å². The van der Waals surface area contributed by atoms with E-state index in [1.54, 1.807) is 24.7 Å². The minimum absolute atomic E-state index is 0.275. The summed E-state index contributed by atoms with van der Waals surface area (Å²) in [7, 11) is -3.80. The third-order valence-electron chi connectivity index (χ3n) is 8.06. The highest BCUT2D eigenvalue weighted by Gasteiger charge is 2.45. The number of ether oxygens (including phenoxy) is 3. The Morgan fingerprint density at radius 3 is 1.91 bits per heavy atom. The van der Waals surface area contributed by atoms with Crippen LogP contribution in [0.2, 0.25) is 0 Å². The van der Waals surface area contributed by atoms with E-state index in [4.69, 9.17) is 19.9 Å². The number of aromatic nitrogens is 4. The smallest absolute Gasteiger partial charge is 0.326 e. The predicted molar refractivity (Wildman–Crippen MR) is 177 cm³/mol. The molecule has 0 aliphatic heterocycles. The summed E-state index contributed by atoms with van der Waals surface area (Å²) in [5.41, 5.74) is 4.37. The third kappa shape index (κ3) is 11.6. The fourth-order valence-corrected chi connectivity index (χ4v) is 7.47. The zero-order valence-electron chi connectivity index (χ0n) is 28.4. The molecule has 0 unspecified atom stereocenters. The number of anilines is 1. The van der Waals surface area contributed by atoms with Gasteiger partial charge in [-0.15, -0.1) is 0 Å². The highest BCUT2D eigenvalue weighted by molar-refractivity contribution is 7.59. The Hall–Kier alpha value is -2.60. The van der Waals surface area contributed by atoms with E-state index >= 15 is 0 Å². The van der Waals surface area contributed by atoms with E-state index in [0.29, 0.717) is 30.6 Å². The average Bonchev–Trinajstić information content (AvgIpc) is 3.43. The topological polar surface area (TPSA) is 173 Å². The molecule has 14 heteroatoms. The summed E-state index contributed by atoms with van der Waals surface area (Å²) >= 11 is 0. The number of nitrogens with zero attached hydrogens (tertiary/aromatic N) is 4. The number of nitrogens with one attached hydrogen (secondary N) is 2. The number of nitrogen functional groups attached to an aromatic ring is 1. The number of nitrogens with two attached hydrogens (primary N) is 1. The summed E-state index contributed by atoms with van der Waals surface area (Å²) in [5, 5.41) is 6.14. The van der Waals surface area contributed by atoms with Crippen molar-refractivity contribution in [2.75, 3.05) is 25.3 Å². The van der Waals surface area contributed by atoms with Crippen LogP contribution in [0.1, 0.15) is 113 Å². The molecule has 0 saturated heterocycles. The molecule has 0 amide bonds. The van der Waals surface area contributed by atoms with Crippen LogP contribution in [-0.2, 0) is 34.9 Å². The van der Waals surface area contributed by atoms with E-state index in [-0.39, 0.29) is 25.4 Å². The van der Waals surface area contributed by atoms with Crippen LogP contribution >= 0.6 is 7.44 Å². The maximum Gasteiger partial charge on any atom is 0.326 e. The highest BCUT2D eigenvalue weighted by Crippen LogP contribution is 2.43. The highest BCUT2D eigenvalue weighted by atomic mass is 31.2. The molecule has 0 saturated carbocycles. The molecule has 0 fully saturated rings. The van der Waals surface area contributed by atoms with E-state index in [2.05, 4.69) is 39.0 Å². The van der Waals surface area contributed by atoms with Crippen molar-refractivity contribution < 1.29 is 28.4 Å². The molecule has 0 aliphatic rings. The van der Waals surface area contributed by atoms with Gasteiger partial charge < -0.3 is 24.5 Å². The maximum atomic E-state index is 14.7. The lowest BCUT2D eigenvalue weighted by atomic mass is 10.0. The number of hydrogen-bond donors (Lipinski definition) is 3. The van der Waals surface area contributed by atoms with Crippen molar-refractivity contribution in [3.63, 3.8) is 0 Å². The summed E-state index contributed by atoms with van der Waals surface area (Å²) in [6, 6.07) is 0. The van der Waals surface area contributed by atoms with Gasteiger partial charge in [0.15, 0.2) is 11.5 Å². The van der Waals surface area contributed by atoms with Gasteiger partial charge in [0.05, 0.1) is 32.2 Å². The van der Waals surface area contributed by atoms with E-state index < -0.39 is 36.6 Å². The number of hydrogen-bond acceptors (Lipinski definition) is 10. The number of esters is 2. The SMILES string of the molecule is CCCCCCOC(=O)[C@](C)(CC)NP(=O)(CO[C@H](C)Cn1cnc2c(N)ncnc21)N[C@@](C)(CC)C(=O)OCCCCCC. The minimum Gasteiger partial charge on any atom is -0.464 e. The molecule has 3 atom stereocenters. The summed E-state index contributed by atoms with van der Waals surface area (Å²) in [4.78, 5) is 39.2. The molecule has 2 aromatic rings. The Morgan fingerprint density at radius 2 is 1.42 bits per heavy atom. The Labute approximate surface area is 268 Å². The summed E-state index contributed by atoms with van der Waals surface area (Å²) in [5.74, 6) is -0.733. The zero-order chi connectivity index (χ0) is 33.5. The fourth-order valence-electron chi connectivity index (χ4n) is 4.73. The molecule has 256 valence electrons. The van der Waals surface area contributed by atoms with Crippen molar-refractivity contribution >= 4 is 36.4 Å². The van der Waals surface area contributed by atoms with Gasteiger partial charge in [-0.3, -0.25) is 14.2 Å². The van der Waals surface area contributed by atoms with Crippen molar-refractivity contribution in [1.29, 1.82) is 0 Å². The largest absolute Gasteiger partial charge is 0.464 e. The van der Waals surface area contributed by atoms with E-state index in [1.807, 2.05) is 20.8 Å². The molecule has 0 spiro atoms. The molecule has 2 heterocycles. The van der Waals surface area contributed by atoms with Crippen molar-refractivity contribution in [2.45, 2.75) is 136 Å². The Bertz CT molecular complexity index is 1210. The fraction of sp³-hybridized carbons (Fsp3) is 0.774. The first kappa shape index (κ1) is 38.6. The van der Waals surface area contributed by atoms with Crippen LogP contribution in [-0.4, -0.2) is 68.2 Å². The monoisotopic (exact) mass is 653 g/mol. The maximum absolute atomic E-state index is 14.7. The number of imidazole rings is 1. The van der Waals surface area contributed by atoms with Gasteiger partial charge in [0.1, 0.15) is 29.3 Å². The molecule has 45 heavy (non-hydrogen) atoms. The van der Waals surface area contributed by atoms with Gasteiger partial charge in [0.2, 0.25) is 7.44 Å². The minimum atomic E-state index is -3.80. The number of rotatable bonds is 23. The van der Waals surface area contributed by atoms with Crippen LogP contribution in [0, 0.1) is 0 Å². The van der Waals surface area contributed by atoms with Crippen LogP contribution in [0.25, 0.3) is 11.2 Å². The molecule has 2 aromatic heterocycles. The number of fused-ring (bicyclic) bond motifs is 1. The van der Waals surface area contributed by atoms with Gasteiger partial charge in [0, 0.05) is 0 Å². The van der Waals surface area contributed by atoms with Crippen molar-refractivity contribution in [3.05, 3.63) is 12.7 Å². The van der Waals surface area contributed by atoms with Crippen molar-refractivity contribution in [2.24, 2.45) is 0 Å². The molecular formula is C31H56N7O6P. The first-order chi connectivity index (χ1) is 21.4. The number of unbranched alkanes of at least 4 members (excludes halogenated alkanes) is 6. The molecule has 0 radical (unpaired) electrons. The Morgan fingerprint density at radius 1 is 0.889 bits per heavy atom. The molecular weight excluding hydrogens is 597 g/mol. The molecule has 0 aliphatic carbocycles. The van der Waals surface area contributed by atoms with Crippen LogP contribution < -0.4 is 15.9 Å². The van der Waals surface area contributed by atoms with Crippen molar-refractivity contribution in [1.82, 2.24) is 29.7 Å². The first-order valence-corrected chi connectivity index (χ1v) is 18.3. The zero-order valence-corrected chi connectivity index (χ0v) is 29.3. The van der Waals surface area contributed by atoms with Crippen LogP contribution in [0.3, 0.4) is 0 Å². The van der Waals surface area contributed by atoms with Gasteiger partial charge in [-0.05, 0) is 46.5 Å². The first-order valence-electron chi connectivity index (χ1n) is 16.4. The van der Waals surface area contributed by atoms with Gasteiger partial charge in [0.25, 0.3) is 0 Å². The summed E-state index contributed by atoms with van der Waals surface area (Å²) in [6.07, 6.45) is 10.5. The van der Waals surface area contributed by atoms with Gasteiger partial charge in [-0.1, -0.05) is 66.2 Å². The molecule has 2 rings (SSSR count). The predicted octanol–water partition coefficient (Wildman–Crippen LogP) is 5.73. The van der Waals surface area contributed by atoms with E-state index in [1.165, 1.54) is 6.33 Å². The van der Waals surface area contributed by atoms with E-state index in [0.717, 1.165) is 51.4 Å². The van der Waals surface area contributed by atoms with E-state index in [9.17, 15) is 14.2 Å². The van der Waals surface area contributed by atoms with Crippen molar-refractivity contribution in [3.8, 4) is 0 Å². The van der Waals surface area contributed by atoms with Gasteiger partial charge in [-0.25, -0.2) is 25.1 Å².